The van der Waals surface area contributed by atoms with Gasteiger partial charge in [-0.15, -0.1) is 0 Å². The van der Waals surface area contributed by atoms with Crippen LogP contribution in [0, 0.1) is 5.92 Å². The van der Waals surface area contributed by atoms with Crippen molar-refractivity contribution in [1.82, 2.24) is 4.90 Å². The average molecular weight is 238 g/mol. The standard InChI is InChI=1S/C14H20ClN/c1-11(2)14-4-3-9-16(14)10-12-5-7-13(15)8-6-12/h5-8,11,14H,3-4,9-10H2,1-2H3/t14-/m0/s1. The molecule has 88 valence electrons. The quantitative estimate of drug-likeness (QED) is 0.769. The van der Waals surface area contributed by atoms with Crippen LogP contribution in [0.2, 0.25) is 5.02 Å². The van der Waals surface area contributed by atoms with Gasteiger partial charge >= 0.3 is 0 Å². The fourth-order valence-electron chi connectivity index (χ4n) is 2.63. The van der Waals surface area contributed by atoms with Crippen LogP contribution in [0.4, 0.5) is 0 Å². The molecule has 1 saturated heterocycles. The van der Waals surface area contributed by atoms with Gasteiger partial charge in [-0.25, -0.2) is 0 Å². The van der Waals surface area contributed by atoms with Crippen molar-refractivity contribution in [2.75, 3.05) is 6.54 Å². The summed E-state index contributed by atoms with van der Waals surface area (Å²) in [5, 5.41) is 0.825. The van der Waals surface area contributed by atoms with Gasteiger partial charge in [0.1, 0.15) is 0 Å². The number of likely N-dealkylation sites (tertiary alicyclic amines) is 1. The van der Waals surface area contributed by atoms with Crippen molar-refractivity contribution in [3.05, 3.63) is 34.9 Å². The van der Waals surface area contributed by atoms with Crippen LogP contribution in [0.5, 0.6) is 0 Å². The minimum Gasteiger partial charge on any atom is -0.296 e. The Kier molecular flexibility index (Phi) is 3.88. The van der Waals surface area contributed by atoms with Crippen molar-refractivity contribution in [1.29, 1.82) is 0 Å². The second-order valence-electron chi connectivity index (χ2n) is 5.05. The van der Waals surface area contributed by atoms with Gasteiger partial charge in [-0.05, 0) is 43.0 Å². The van der Waals surface area contributed by atoms with Crippen LogP contribution in [0.15, 0.2) is 24.3 Å². The zero-order chi connectivity index (χ0) is 11.5. The highest BCUT2D eigenvalue weighted by Gasteiger charge is 2.26. The molecule has 1 heterocycles. The van der Waals surface area contributed by atoms with E-state index in [-0.39, 0.29) is 0 Å². The SMILES string of the molecule is CC(C)[C@@H]1CCCN1Cc1ccc(Cl)cc1. The molecule has 0 bridgehead atoms. The molecule has 16 heavy (non-hydrogen) atoms. The van der Waals surface area contributed by atoms with E-state index in [1.54, 1.807) is 0 Å². The van der Waals surface area contributed by atoms with Crippen molar-refractivity contribution in [3.8, 4) is 0 Å². The van der Waals surface area contributed by atoms with Crippen molar-refractivity contribution >= 4 is 11.6 Å². The lowest BCUT2D eigenvalue weighted by molar-refractivity contribution is 0.199. The number of hydrogen-bond donors (Lipinski definition) is 0. The Hall–Kier alpha value is -0.530. The molecule has 1 aliphatic heterocycles. The van der Waals surface area contributed by atoms with Gasteiger partial charge in [-0.2, -0.15) is 0 Å². The van der Waals surface area contributed by atoms with Crippen LogP contribution in [0.25, 0.3) is 0 Å². The number of rotatable bonds is 3. The molecular formula is C14H20ClN. The van der Waals surface area contributed by atoms with Crippen molar-refractivity contribution < 1.29 is 0 Å². The van der Waals surface area contributed by atoms with E-state index in [0.29, 0.717) is 0 Å². The fraction of sp³-hybridized carbons (Fsp3) is 0.571. The minimum atomic E-state index is 0.759. The molecule has 2 heteroatoms. The van der Waals surface area contributed by atoms with Crippen molar-refractivity contribution in [3.63, 3.8) is 0 Å². The normalized spacial score (nSPS) is 21.9. The van der Waals surface area contributed by atoms with E-state index in [9.17, 15) is 0 Å². The van der Waals surface area contributed by atoms with Gasteiger partial charge in [-0.1, -0.05) is 37.6 Å². The van der Waals surface area contributed by atoms with Crippen LogP contribution in [0.1, 0.15) is 32.3 Å². The fourth-order valence-corrected chi connectivity index (χ4v) is 2.75. The maximum atomic E-state index is 5.89. The van der Waals surface area contributed by atoms with E-state index in [1.165, 1.54) is 24.9 Å². The predicted molar refractivity (Wildman–Crippen MR) is 69.7 cm³/mol. The average Bonchev–Trinajstić information content (AvgIpc) is 2.69. The van der Waals surface area contributed by atoms with Crippen LogP contribution in [-0.4, -0.2) is 17.5 Å². The molecule has 0 N–H and O–H groups in total. The molecule has 1 atom stereocenters. The van der Waals surface area contributed by atoms with Crippen LogP contribution >= 0.6 is 11.6 Å². The summed E-state index contributed by atoms with van der Waals surface area (Å²) in [5.41, 5.74) is 1.37. The molecule has 1 nitrogen and oxygen atoms in total. The summed E-state index contributed by atoms with van der Waals surface area (Å²) in [5.74, 6) is 0.759. The summed E-state index contributed by atoms with van der Waals surface area (Å²) in [6, 6.07) is 9.00. The van der Waals surface area contributed by atoms with E-state index in [2.05, 4.69) is 30.9 Å². The number of nitrogens with zero attached hydrogens (tertiary/aromatic N) is 1. The molecule has 0 amide bonds. The van der Waals surface area contributed by atoms with E-state index in [4.69, 9.17) is 11.6 Å². The molecule has 0 saturated carbocycles. The summed E-state index contributed by atoms with van der Waals surface area (Å²) in [6.45, 7) is 6.96. The first-order chi connectivity index (χ1) is 7.66. The third-order valence-corrected chi connectivity index (χ3v) is 3.73. The van der Waals surface area contributed by atoms with Crippen molar-refractivity contribution in [2.24, 2.45) is 5.92 Å². The first kappa shape index (κ1) is 11.9. The van der Waals surface area contributed by atoms with Gasteiger partial charge in [0.15, 0.2) is 0 Å². The Morgan fingerprint density at radius 3 is 2.62 bits per heavy atom. The Balaban J connectivity index is 2.01. The van der Waals surface area contributed by atoms with E-state index in [1.807, 2.05) is 12.1 Å². The number of benzene rings is 1. The molecule has 2 rings (SSSR count). The summed E-state index contributed by atoms with van der Waals surface area (Å²) in [7, 11) is 0. The lowest BCUT2D eigenvalue weighted by Gasteiger charge is -2.27. The number of halogens is 1. The maximum absolute atomic E-state index is 5.89. The largest absolute Gasteiger partial charge is 0.296 e. The second kappa shape index (κ2) is 5.20. The summed E-state index contributed by atoms with van der Waals surface area (Å²) < 4.78 is 0. The Morgan fingerprint density at radius 2 is 2.00 bits per heavy atom. The lowest BCUT2D eigenvalue weighted by atomic mass is 10.0. The molecule has 1 aromatic rings. The molecular weight excluding hydrogens is 218 g/mol. The first-order valence-corrected chi connectivity index (χ1v) is 6.53. The van der Waals surface area contributed by atoms with E-state index < -0.39 is 0 Å². The van der Waals surface area contributed by atoms with Gasteiger partial charge in [-0.3, -0.25) is 4.90 Å². The molecule has 0 aliphatic carbocycles. The van der Waals surface area contributed by atoms with Crippen LogP contribution in [-0.2, 0) is 6.54 Å². The molecule has 0 aromatic heterocycles. The van der Waals surface area contributed by atoms with Gasteiger partial charge in [0.2, 0.25) is 0 Å². The summed E-state index contributed by atoms with van der Waals surface area (Å²) in [6.07, 6.45) is 2.70. The molecule has 1 aliphatic rings. The predicted octanol–water partition coefficient (Wildman–Crippen LogP) is 3.96. The van der Waals surface area contributed by atoms with Gasteiger partial charge in [0.25, 0.3) is 0 Å². The zero-order valence-electron chi connectivity index (χ0n) is 10.1. The highest BCUT2D eigenvalue weighted by atomic mass is 35.5. The highest BCUT2D eigenvalue weighted by molar-refractivity contribution is 6.30. The maximum Gasteiger partial charge on any atom is 0.0406 e. The third kappa shape index (κ3) is 2.78. The Morgan fingerprint density at radius 1 is 1.31 bits per heavy atom. The first-order valence-electron chi connectivity index (χ1n) is 6.15. The minimum absolute atomic E-state index is 0.759. The molecule has 0 unspecified atom stereocenters. The van der Waals surface area contributed by atoms with Crippen molar-refractivity contribution in [2.45, 2.75) is 39.3 Å². The molecule has 1 fully saturated rings. The Labute approximate surface area is 103 Å². The van der Waals surface area contributed by atoms with E-state index >= 15 is 0 Å². The molecule has 0 spiro atoms. The van der Waals surface area contributed by atoms with Gasteiger partial charge in [0.05, 0.1) is 0 Å². The molecule has 0 radical (unpaired) electrons. The summed E-state index contributed by atoms with van der Waals surface area (Å²) in [4.78, 5) is 2.61. The van der Waals surface area contributed by atoms with E-state index in [0.717, 1.165) is 23.5 Å². The van der Waals surface area contributed by atoms with Gasteiger partial charge < -0.3 is 0 Å². The monoisotopic (exact) mass is 237 g/mol. The topological polar surface area (TPSA) is 3.24 Å². The Bertz CT molecular complexity index is 331. The zero-order valence-corrected chi connectivity index (χ0v) is 10.9. The lowest BCUT2D eigenvalue weighted by Crippen LogP contribution is -2.32. The highest BCUT2D eigenvalue weighted by Crippen LogP contribution is 2.25. The molecule has 1 aromatic carbocycles. The smallest absolute Gasteiger partial charge is 0.0406 e. The van der Waals surface area contributed by atoms with Crippen LogP contribution < -0.4 is 0 Å². The number of hydrogen-bond acceptors (Lipinski definition) is 1. The van der Waals surface area contributed by atoms with Gasteiger partial charge in [0, 0.05) is 17.6 Å². The van der Waals surface area contributed by atoms with Crippen LogP contribution in [0.3, 0.4) is 0 Å². The summed E-state index contributed by atoms with van der Waals surface area (Å²) >= 11 is 5.89. The second-order valence-corrected chi connectivity index (χ2v) is 5.49. The third-order valence-electron chi connectivity index (χ3n) is 3.48.